The molecule has 4 aromatic rings. The lowest BCUT2D eigenvalue weighted by atomic mass is 10.2. The van der Waals surface area contributed by atoms with Crippen molar-refractivity contribution < 1.29 is 32.0 Å². The summed E-state index contributed by atoms with van der Waals surface area (Å²) >= 11 is 0. The number of amides is 1. The number of hydrogen-bond donors (Lipinski definition) is 0. The highest BCUT2D eigenvalue weighted by Gasteiger charge is 2.31. The van der Waals surface area contributed by atoms with Crippen LogP contribution in [0.4, 0.5) is 13.2 Å². The van der Waals surface area contributed by atoms with Gasteiger partial charge in [0.25, 0.3) is 11.8 Å². The zero-order valence-corrected chi connectivity index (χ0v) is 19.5. The second-order valence-electron chi connectivity index (χ2n) is 7.86. The van der Waals surface area contributed by atoms with Crippen LogP contribution in [0, 0.1) is 6.92 Å². The molecule has 4 rings (SSSR count). The maximum absolute atomic E-state index is 12.3. The lowest BCUT2D eigenvalue weighted by Gasteiger charge is -2.12. The number of nitrogens with zero attached hydrogens (tertiary/aromatic N) is 6. The molecule has 0 atom stereocenters. The van der Waals surface area contributed by atoms with E-state index in [-0.39, 0.29) is 35.8 Å². The number of alkyl halides is 3. The van der Waals surface area contributed by atoms with Crippen LogP contribution >= 0.6 is 0 Å². The Morgan fingerprint density at radius 3 is 2.50 bits per heavy atom. The molecule has 0 aliphatic carbocycles. The quantitative estimate of drug-likeness (QED) is 0.359. The molecule has 0 saturated carbocycles. The lowest BCUT2D eigenvalue weighted by molar-refractivity contribution is -0.274. The van der Waals surface area contributed by atoms with Gasteiger partial charge in [-0.3, -0.25) is 4.79 Å². The summed E-state index contributed by atoms with van der Waals surface area (Å²) in [5.41, 5.74) is 1.30. The highest BCUT2D eigenvalue weighted by molar-refractivity contribution is 5.77. The van der Waals surface area contributed by atoms with E-state index >= 15 is 0 Å². The standard InChI is InChI=1S/C23H21F3N6O4/c1-14-27-21(22-28-20(30-36-22)16-7-9-17(10-8-16)35-23(24,25)26)29-32(14)12-15-5-4-6-18(11-15)34-13-19(33)31(2)3/h4-11H,12-13H2,1-3H3. The van der Waals surface area contributed by atoms with Crippen LogP contribution in [0.15, 0.2) is 53.1 Å². The van der Waals surface area contributed by atoms with Crippen molar-refractivity contribution in [3.05, 3.63) is 59.9 Å². The first kappa shape index (κ1) is 24.7. The van der Waals surface area contributed by atoms with E-state index in [1.165, 1.54) is 17.0 Å². The van der Waals surface area contributed by atoms with Gasteiger partial charge in [0.1, 0.15) is 17.3 Å². The third-order valence-electron chi connectivity index (χ3n) is 4.91. The molecule has 13 heteroatoms. The third-order valence-corrected chi connectivity index (χ3v) is 4.91. The van der Waals surface area contributed by atoms with Crippen LogP contribution in [0.1, 0.15) is 11.4 Å². The molecule has 0 aliphatic rings. The van der Waals surface area contributed by atoms with Crippen LogP contribution in [-0.4, -0.2) is 62.8 Å². The van der Waals surface area contributed by atoms with Gasteiger partial charge in [0, 0.05) is 19.7 Å². The number of aryl methyl sites for hydroxylation is 1. The summed E-state index contributed by atoms with van der Waals surface area (Å²) in [6.07, 6.45) is -4.78. The Balaban J connectivity index is 1.45. The number of benzene rings is 2. The summed E-state index contributed by atoms with van der Waals surface area (Å²) in [4.78, 5) is 21.8. The van der Waals surface area contributed by atoms with E-state index in [1.54, 1.807) is 37.8 Å². The third kappa shape index (κ3) is 6.17. The molecule has 0 aliphatic heterocycles. The molecule has 0 N–H and O–H groups in total. The minimum atomic E-state index is -4.78. The summed E-state index contributed by atoms with van der Waals surface area (Å²) in [5, 5.41) is 8.29. The fraction of sp³-hybridized carbons (Fsp3) is 0.261. The summed E-state index contributed by atoms with van der Waals surface area (Å²) < 4.78 is 53.3. The molecule has 2 aromatic carbocycles. The summed E-state index contributed by atoms with van der Waals surface area (Å²) in [7, 11) is 3.31. The predicted molar refractivity (Wildman–Crippen MR) is 120 cm³/mol. The highest BCUT2D eigenvalue weighted by atomic mass is 19.4. The van der Waals surface area contributed by atoms with Gasteiger partial charge in [-0.1, -0.05) is 17.3 Å². The molecule has 0 bridgehead atoms. The summed E-state index contributed by atoms with van der Waals surface area (Å²) in [6, 6.07) is 12.3. The summed E-state index contributed by atoms with van der Waals surface area (Å²) in [6.45, 7) is 2.07. The Hall–Kier alpha value is -4.42. The van der Waals surface area contributed by atoms with Gasteiger partial charge in [0.15, 0.2) is 6.61 Å². The van der Waals surface area contributed by atoms with E-state index in [2.05, 4.69) is 25.0 Å². The number of ether oxygens (including phenoxy) is 2. The van der Waals surface area contributed by atoms with Crippen molar-refractivity contribution in [1.29, 1.82) is 0 Å². The fourth-order valence-electron chi connectivity index (χ4n) is 3.08. The first-order chi connectivity index (χ1) is 17.1. The monoisotopic (exact) mass is 502 g/mol. The Labute approximate surface area is 203 Å². The number of carbonyl (C=O) groups excluding carboxylic acids is 1. The molecule has 0 radical (unpaired) electrons. The Bertz CT molecular complexity index is 1350. The number of rotatable bonds is 8. The maximum atomic E-state index is 12.3. The summed E-state index contributed by atoms with van der Waals surface area (Å²) in [5.74, 6) is 1.05. The van der Waals surface area contributed by atoms with Crippen LogP contribution in [0.25, 0.3) is 23.1 Å². The number of likely N-dealkylation sites (N-methyl/N-ethyl adjacent to an activating group) is 1. The van der Waals surface area contributed by atoms with Gasteiger partial charge in [0.2, 0.25) is 11.6 Å². The van der Waals surface area contributed by atoms with Gasteiger partial charge >= 0.3 is 6.36 Å². The zero-order chi connectivity index (χ0) is 25.9. The van der Waals surface area contributed by atoms with Crippen molar-refractivity contribution in [2.75, 3.05) is 20.7 Å². The van der Waals surface area contributed by atoms with Gasteiger partial charge in [-0.2, -0.15) is 4.98 Å². The van der Waals surface area contributed by atoms with Crippen molar-refractivity contribution >= 4 is 5.91 Å². The number of hydrogen-bond acceptors (Lipinski definition) is 8. The van der Waals surface area contributed by atoms with Gasteiger partial charge in [-0.25, -0.2) is 9.67 Å². The molecule has 1 amide bonds. The molecule has 10 nitrogen and oxygen atoms in total. The Morgan fingerprint density at radius 2 is 1.81 bits per heavy atom. The lowest BCUT2D eigenvalue weighted by Crippen LogP contribution is -2.27. The maximum Gasteiger partial charge on any atom is 0.573 e. The van der Waals surface area contributed by atoms with Gasteiger partial charge in [-0.15, -0.1) is 18.3 Å². The van der Waals surface area contributed by atoms with Gasteiger partial charge in [-0.05, 0) is 48.9 Å². The smallest absolute Gasteiger partial charge is 0.484 e. The Morgan fingerprint density at radius 1 is 1.06 bits per heavy atom. The largest absolute Gasteiger partial charge is 0.573 e. The minimum Gasteiger partial charge on any atom is -0.484 e. The van der Waals surface area contributed by atoms with Crippen LogP contribution in [0.3, 0.4) is 0 Å². The molecule has 188 valence electrons. The van der Waals surface area contributed by atoms with E-state index < -0.39 is 6.36 Å². The minimum absolute atomic E-state index is 0.0572. The Kier molecular flexibility index (Phi) is 6.90. The van der Waals surface area contributed by atoms with Crippen LogP contribution < -0.4 is 9.47 Å². The SMILES string of the molecule is Cc1nc(-c2nc(-c3ccc(OC(F)(F)F)cc3)no2)nn1Cc1cccc(OCC(=O)N(C)C)c1. The van der Waals surface area contributed by atoms with Gasteiger partial charge in [0.05, 0.1) is 6.54 Å². The molecule has 2 heterocycles. The van der Waals surface area contributed by atoms with Crippen LogP contribution in [0.2, 0.25) is 0 Å². The number of halogens is 3. The molecule has 36 heavy (non-hydrogen) atoms. The van der Waals surface area contributed by atoms with Crippen molar-refractivity contribution in [3.63, 3.8) is 0 Å². The van der Waals surface area contributed by atoms with Crippen molar-refractivity contribution in [2.45, 2.75) is 19.8 Å². The van der Waals surface area contributed by atoms with E-state index in [0.717, 1.165) is 17.7 Å². The first-order valence-corrected chi connectivity index (χ1v) is 10.6. The number of carbonyl (C=O) groups is 1. The molecule has 0 unspecified atom stereocenters. The second-order valence-corrected chi connectivity index (χ2v) is 7.86. The van der Waals surface area contributed by atoms with Crippen molar-refractivity contribution in [2.24, 2.45) is 0 Å². The van der Waals surface area contributed by atoms with Crippen molar-refractivity contribution in [1.82, 2.24) is 29.8 Å². The van der Waals surface area contributed by atoms with Crippen LogP contribution in [0.5, 0.6) is 11.5 Å². The average Bonchev–Trinajstić information content (AvgIpc) is 3.44. The first-order valence-electron chi connectivity index (χ1n) is 10.6. The van der Waals surface area contributed by atoms with E-state index in [1.807, 2.05) is 12.1 Å². The molecule has 0 spiro atoms. The predicted octanol–water partition coefficient (Wildman–Crippen LogP) is 3.72. The normalized spacial score (nSPS) is 11.4. The molecular formula is C23H21F3N6O4. The van der Waals surface area contributed by atoms with E-state index in [0.29, 0.717) is 23.7 Å². The molecular weight excluding hydrogens is 481 g/mol. The highest BCUT2D eigenvalue weighted by Crippen LogP contribution is 2.26. The second kappa shape index (κ2) is 10.1. The van der Waals surface area contributed by atoms with E-state index in [4.69, 9.17) is 9.26 Å². The van der Waals surface area contributed by atoms with Crippen molar-refractivity contribution in [3.8, 4) is 34.6 Å². The average molecular weight is 502 g/mol. The number of aromatic nitrogens is 5. The topological polar surface area (TPSA) is 108 Å². The fourth-order valence-corrected chi connectivity index (χ4v) is 3.08. The zero-order valence-electron chi connectivity index (χ0n) is 19.5. The molecule has 0 saturated heterocycles. The van der Waals surface area contributed by atoms with E-state index in [9.17, 15) is 18.0 Å². The van der Waals surface area contributed by atoms with Crippen LogP contribution in [-0.2, 0) is 11.3 Å². The van der Waals surface area contributed by atoms with Gasteiger partial charge < -0.3 is 18.9 Å². The molecule has 2 aromatic heterocycles. The molecule has 0 fully saturated rings.